The second kappa shape index (κ2) is 8.31. The standard InChI is InChI=1S/C21H23FN2O3/c1-14-2-3-15(13-24-10-8-17(9-11-24)21(26)27)12-19(14)23-20(25)16-4-6-18(22)7-5-16/h2-7,12,17H,8-11,13H2,1H3,(H,23,25)(H,26,27). The van der Waals surface area contributed by atoms with Gasteiger partial charge < -0.3 is 10.4 Å². The van der Waals surface area contributed by atoms with E-state index in [4.69, 9.17) is 5.11 Å². The van der Waals surface area contributed by atoms with Gasteiger partial charge in [0.15, 0.2) is 0 Å². The zero-order chi connectivity index (χ0) is 19.4. The Morgan fingerprint density at radius 2 is 1.81 bits per heavy atom. The van der Waals surface area contributed by atoms with Crippen LogP contribution in [0.25, 0.3) is 0 Å². The van der Waals surface area contributed by atoms with Gasteiger partial charge in [-0.15, -0.1) is 0 Å². The molecule has 2 aromatic rings. The molecule has 0 radical (unpaired) electrons. The van der Waals surface area contributed by atoms with E-state index in [1.807, 2.05) is 25.1 Å². The molecule has 1 saturated heterocycles. The minimum atomic E-state index is -0.712. The number of aryl methyl sites for hydroxylation is 1. The smallest absolute Gasteiger partial charge is 0.306 e. The molecule has 1 fully saturated rings. The largest absolute Gasteiger partial charge is 0.481 e. The Bertz CT molecular complexity index is 828. The summed E-state index contributed by atoms with van der Waals surface area (Å²) in [6.45, 7) is 4.14. The van der Waals surface area contributed by atoms with Gasteiger partial charge in [0.05, 0.1) is 5.92 Å². The highest BCUT2D eigenvalue weighted by atomic mass is 19.1. The van der Waals surface area contributed by atoms with Crippen LogP contribution in [0.3, 0.4) is 0 Å². The Kier molecular flexibility index (Phi) is 5.86. The highest BCUT2D eigenvalue weighted by Crippen LogP contribution is 2.22. The molecule has 1 amide bonds. The SMILES string of the molecule is Cc1ccc(CN2CCC(C(=O)O)CC2)cc1NC(=O)c1ccc(F)cc1. The van der Waals surface area contributed by atoms with Crippen molar-refractivity contribution in [2.45, 2.75) is 26.3 Å². The van der Waals surface area contributed by atoms with Crippen molar-refractivity contribution >= 4 is 17.6 Å². The number of carboxylic acid groups (broad SMARTS) is 1. The van der Waals surface area contributed by atoms with Crippen LogP contribution in [0.1, 0.15) is 34.3 Å². The zero-order valence-corrected chi connectivity index (χ0v) is 15.2. The number of carbonyl (C=O) groups is 2. The Labute approximate surface area is 157 Å². The van der Waals surface area contributed by atoms with Crippen molar-refractivity contribution in [3.63, 3.8) is 0 Å². The summed E-state index contributed by atoms with van der Waals surface area (Å²) >= 11 is 0. The van der Waals surface area contributed by atoms with Crippen molar-refractivity contribution in [2.75, 3.05) is 18.4 Å². The van der Waals surface area contributed by atoms with Crippen LogP contribution in [-0.4, -0.2) is 35.0 Å². The lowest BCUT2D eigenvalue weighted by molar-refractivity contribution is -0.143. The molecule has 0 aliphatic carbocycles. The number of hydrogen-bond acceptors (Lipinski definition) is 3. The van der Waals surface area contributed by atoms with Gasteiger partial charge in [0.2, 0.25) is 0 Å². The molecule has 0 aromatic heterocycles. The Balaban J connectivity index is 1.65. The summed E-state index contributed by atoms with van der Waals surface area (Å²) in [5.41, 5.74) is 3.13. The molecule has 142 valence electrons. The van der Waals surface area contributed by atoms with E-state index in [0.29, 0.717) is 24.9 Å². The van der Waals surface area contributed by atoms with Crippen LogP contribution in [0, 0.1) is 18.7 Å². The number of halogens is 1. The maximum atomic E-state index is 13.0. The van der Waals surface area contributed by atoms with Crippen LogP contribution < -0.4 is 5.32 Å². The number of nitrogens with one attached hydrogen (secondary N) is 1. The highest BCUT2D eigenvalue weighted by Gasteiger charge is 2.24. The van der Waals surface area contributed by atoms with E-state index in [-0.39, 0.29) is 17.6 Å². The molecule has 1 heterocycles. The van der Waals surface area contributed by atoms with Gasteiger partial charge in [-0.1, -0.05) is 12.1 Å². The first kappa shape index (κ1) is 19.0. The average molecular weight is 370 g/mol. The van der Waals surface area contributed by atoms with Gasteiger partial charge in [0, 0.05) is 17.8 Å². The van der Waals surface area contributed by atoms with Gasteiger partial charge in [-0.05, 0) is 74.3 Å². The second-order valence-corrected chi connectivity index (χ2v) is 7.00. The number of benzene rings is 2. The van der Waals surface area contributed by atoms with E-state index in [2.05, 4.69) is 10.2 Å². The summed E-state index contributed by atoms with van der Waals surface area (Å²) in [5, 5.41) is 12.0. The van der Waals surface area contributed by atoms with E-state index < -0.39 is 5.97 Å². The van der Waals surface area contributed by atoms with Crippen LogP contribution in [0.5, 0.6) is 0 Å². The number of piperidine rings is 1. The maximum absolute atomic E-state index is 13.0. The number of nitrogens with zero attached hydrogens (tertiary/aromatic N) is 1. The first-order valence-electron chi connectivity index (χ1n) is 9.04. The van der Waals surface area contributed by atoms with Gasteiger partial charge >= 0.3 is 5.97 Å². The first-order chi connectivity index (χ1) is 12.9. The Morgan fingerprint density at radius 3 is 2.44 bits per heavy atom. The number of rotatable bonds is 5. The molecule has 0 saturated carbocycles. The fourth-order valence-electron chi connectivity index (χ4n) is 3.29. The second-order valence-electron chi connectivity index (χ2n) is 7.00. The van der Waals surface area contributed by atoms with Crippen LogP contribution in [0.15, 0.2) is 42.5 Å². The fourth-order valence-corrected chi connectivity index (χ4v) is 3.29. The van der Waals surface area contributed by atoms with Crippen molar-refractivity contribution in [1.29, 1.82) is 0 Å². The third kappa shape index (κ3) is 4.92. The van der Waals surface area contributed by atoms with Crippen LogP contribution >= 0.6 is 0 Å². The molecule has 5 nitrogen and oxygen atoms in total. The van der Waals surface area contributed by atoms with Crippen molar-refractivity contribution in [3.8, 4) is 0 Å². The van der Waals surface area contributed by atoms with Gasteiger partial charge in [-0.3, -0.25) is 14.5 Å². The van der Waals surface area contributed by atoms with E-state index in [9.17, 15) is 14.0 Å². The summed E-state index contributed by atoms with van der Waals surface area (Å²) in [5.74, 6) is -1.62. The fraction of sp³-hybridized carbons (Fsp3) is 0.333. The number of aliphatic carboxylic acids is 1. The van der Waals surface area contributed by atoms with Gasteiger partial charge in [0.25, 0.3) is 5.91 Å². The zero-order valence-electron chi connectivity index (χ0n) is 15.2. The molecule has 2 aromatic carbocycles. The van der Waals surface area contributed by atoms with Gasteiger partial charge in [-0.2, -0.15) is 0 Å². The molecule has 3 rings (SSSR count). The molecule has 6 heteroatoms. The number of carboxylic acids is 1. The summed E-state index contributed by atoms with van der Waals surface area (Å²) < 4.78 is 13.0. The lowest BCUT2D eigenvalue weighted by Gasteiger charge is -2.30. The minimum Gasteiger partial charge on any atom is -0.481 e. The van der Waals surface area contributed by atoms with Gasteiger partial charge in [-0.25, -0.2) is 4.39 Å². The quantitative estimate of drug-likeness (QED) is 0.842. The summed E-state index contributed by atoms with van der Waals surface area (Å²) in [6, 6.07) is 11.4. The molecule has 0 spiro atoms. The molecule has 0 unspecified atom stereocenters. The third-order valence-corrected chi connectivity index (χ3v) is 5.00. The van der Waals surface area contributed by atoms with E-state index in [0.717, 1.165) is 29.9 Å². The lowest BCUT2D eigenvalue weighted by atomic mass is 9.96. The minimum absolute atomic E-state index is 0.246. The van der Waals surface area contributed by atoms with Crippen molar-refractivity contribution < 1.29 is 19.1 Å². The first-order valence-corrected chi connectivity index (χ1v) is 9.04. The number of amides is 1. The van der Waals surface area contributed by atoms with Crippen molar-refractivity contribution in [3.05, 3.63) is 65.0 Å². The third-order valence-electron chi connectivity index (χ3n) is 5.00. The van der Waals surface area contributed by atoms with E-state index in [1.54, 1.807) is 0 Å². The molecule has 0 atom stereocenters. The maximum Gasteiger partial charge on any atom is 0.306 e. The van der Waals surface area contributed by atoms with Crippen LogP contribution in [-0.2, 0) is 11.3 Å². The monoisotopic (exact) mass is 370 g/mol. The molecule has 2 N–H and O–H groups in total. The Hall–Kier alpha value is -2.73. The summed E-state index contributed by atoms with van der Waals surface area (Å²) in [4.78, 5) is 25.7. The lowest BCUT2D eigenvalue weighted by Crippen LogP contribution is -2.35. The summed E-state index contributed by atoms with van der Waals surface area (Å²) in [6.07, 6.45) is 1.32. The Morgan fingerprint density at radius 1 is 1.15 bits per heavy atom. The van der Waals surface area contributed by atoms with E-state index >= 15 is 0 Å². The predicted molar refractivity (Wildman–Crippen MR) is 101 cm³/mol. The normalized spacial score (nSPS) is 15.5. The van der Waals surface area contributed by atoms with Crippen LogP contribution in [0.4, 0.5) is 10.1 Å². The number of carbonyl (C=O) groups excluding carboxylic acids is 1. The molecule has 0 bridgehead atoms. The predicted octanol–water partition coefficient (Wildman–Crippen LogP) is 3.68. The van der Waals surface area contributed by atoms with Crippen molar-refractivity contribution in [2.24, 2.45) is 5.92 Å². The van der Waals surface area contributed by atoms with E-state index in [1.165, 1.54) is 24.3 Å². The number of hydrogen-bond donors (Lipinski definition) is 2. The molecular formula is C21H23FN2O3. The molecule has 1 aliphatic heterocycles. The number of likely N-dealkylation sites (tertiary alicyclic amines) is 1. The highest BCUT2D eigenvalue weighted by molar-refractivity contribution is 6.04. The average Bonchev–Trinajstić information content (AvgIpc) is 2.65. The number of anilines is 1. The molecule has 27 heavy (non-hydrogen) atoms. The molecular weight excluding hydrogens is 347 g/mol. The molecule has 1 aliphatic rings. The van der Waals surface area contributed by atoms with Gasteiger partial charge in [0.1, 0.15) is 5.82 Å². The topological polar surface area (TPSA) is 69.6 Å². The van der Waals surface area contributed by atoms with Crippen molar-refractivity contribution in [1.82, 2.24) is 4.90 Å². The van der Waals surface area contributed by atoms with Crippen LogP contribution in [0.2, 0.25) is 0 Å². The summed E-state index contributed by atoms with van der Waals surface area (Å²) in [7, 11) is 0.